The molecule has 18 heavy (non-hydrogen) atoms. The topological polar surface area (TPSA) is 9.23 Å². The van der Waals surface area contributed by atoms with Crippen LogP contribution in [0.4, 0.5) is 0 Å². The van der Waals surface area contributed by atoms with Crippen LogP contribution in [-0.2, 0) is 0 Å². The zero-order valence-electron chi connectivity index (χ0n) is 10.6. The molecule has 0 fully saturated rings. The lowest BCUT2D eigenvalue weighted by Gasteiger charge is -2.23. The van der Waals surface area contributed by atoms with Gasteiger partial charge >= 0.3 is 0 Å². The van der Waals surface area contributed by atoms with E-state index in [4.69, 9.17) is 4.74 Å². The number of hydrogen-bond acceptors (Lipinski definition) is 2. The van der Waals surface area contributed by atoms with Gasteiger partial charge in [-0.05, 0) is 47.3 Å². The lowest BCUT2D eigenvalue weighted by atomic mass is 9.99. The summed E-state index contributed by atoms with van der Waals surface area (Å²) >= 11 is 11.6. The number of benzene rings is 1. The summed E-state index contributed by atoms with van der Waals surface area (Å²) in [6.45, 7) is 2.22. The standard InChI is InChI=1S/C14H20Br2OS/c1-2-6-11(7-5-10-15)14(16)17-12-8-3-4-9-13(12)18/h3-4,8-9,11,14,18H,2,5-7,10H2,1H3. The van der Waals surface area contributed by atoms with E-state index >= 15 is 0 Å². The molecule has 0 amide bonds. The van der Waals surface area contributed by atoms with Gasteiger partial charge in [0.1, 0.15) is 5.75 Å². The van der Waals surface area contributed by atoms with Crippen molar-refractivity contribution in [3.05, 3.63) is 24.3 Å². The van der Waals surface area contributed by atoms with Crippen LogP contribution >= 0.6 is 44.5 Å². The first kappa shape index (κ1) is 16.4. The molecular formula is C14H20Br2OS. The smallest absolute Gasteiger partial charge is 0.156 e. The minimum absolute atomic E-state index is 0.0600. The number of alkyl halides is 2. The highest BCUT2D eigenvalue weighted by Crippen LogP contribution is 2.30. The van der Waals surface area contributed by atoms with E-state index in [0.717, 1.165) is 16.0 Å². The molecule has 0 heterocycles. The maximum absolute atomic E-state index is 5.98. The Balaban J connectivity index is 2.60. The highest BCUT2D eigenvalue weighted by atomic mass is 79.9. The van der Waals surface area contributed by atoms with Gasteiger partial charge in [0, 0.05) is 16.1 Å². The van der Waals surface area contributed by atoms with Gasteiger partial charge in [-0.3, -0.25) is 0 Å². The summed E-state index contributed by atoms with van der Waals surface area (Å²) in [6, 6.07) is 7.85. The van der Waals surface area contributed by atoms with E-state index in [9.17, 15) is 0 Å². The number of halogens is 2. The van der Waals surface area contributed by atoms with Crippen molar-refractivity contribution in [2.24, 2.45) is 5.92 Å². The van der Waals surface area contributed by atoms with E-state index in [1.165, 1.54) is 25.7 Å². The second-order valence-corrected chi connectivity index (χ2v) is 6.49. The Morgan fingerprint density at radius 3 is 2.61 bits per heavy atom. The van der Waals surface area contributed by atoms with Crippen LogP contribution in [0, 0.1) is 5.92 Å². The monoisotopic (exact) mass is 394 g/mol. The Kier molecular flexibility index (Phi) is 8.44. The molecule has 0 aliphatic heterocycles. The van der Waals surface area contributed by atoms with Crippen LogP contribution in [-0.4, -0.2) is 10.3 Å². The van der Waals surface area contributed by atoms with Crippen LogP contribution in [0.15, 0.2) is 29.2 Å². The molecular weight excluding hydrogens is 376 g/mol. The molecule has 0 bridgehead atoms. The lowest BCUT2D eigenvalue weighted by Crippen LogP contribution is -2.21. The third-order valence-electron chi connectivity index (χ3n) is 2.84. The predicted octanol–water partition coefficient (Wildman–Crippen LogP) is 5.67. The summed E-state index contributed by atoms with van der Waals surface area (Å²) in [6.07, 6.45) is 4.71. The van der Waals surface area contributed by atoms with E-state index in [0.29, 0.717) is 5.92 Å². The first-order valence-corrected chi connectivity index (χ1v) is 8.82. The fraction of sp³-hybridized carbons (Fsp3) is 0.571. The Hall–Kier alpha value is 0.330. The number of para-hydroxylation sites is 1. The molecule has 1 aromatic rings. The Bertz CT molecular complexity index is 346. The van der Waals surface area contributed by atoms with Gasteiger partial charge in [0.05, 0.1) is 0 Å². The molecule has 0 radical (unpaired) electrons. The third-order valence-corrected chi connectivity index (χ3v) is 4.71. The highest BCUT2D eigenvalue weighted by molar-refractivity contribution is 9.09. The van der Waals surface area contributed by atoms with Crippen molar-refractivity contribution in [1.29, 1.82) is 0 Å². The summed E-state index contributed by atoms with van der Waals surface area (Å²) in [4.78, 5) is 0.887. The zero-order chi connectivity index (χ0) is 13.4. The largest absolute Gasteiger partial charge is 0.478 e. The van der Waals surface area contributed by atoms with Gasteiger partial charge in [0.25, 0.3) is 0 Å². The van der Waals surface area contributed by atoms with Crippen molar-refractivity contribution in [3.8, 4) is 5.75 Å². The SMILES string of the molecule is CCCC(CCCBr)C(Br)Oc1ccccc1S. The Labute approximate surface area is 132 Å². The summed E-state index contributed by atoms with van der Waals surface area (Å²) in [5.41, 5.74) is 0. The van der Waals surface area contributed by atoms with E-state index in [-0.39, 0.29) is 5.01 Å². The number of ether oxygens (including phenoxy) is 1. The van der Waals surface area contributed by atoms with Crippen LogP contribution < -0.4 is 4.74 Å². The minimum atomic E-state index is 0.0600. The van der Waals surface area contributed by atoms with E-state index in [1.54, 1.807) is 0 Å². The summed E-state index contributed by atoms with van der Waals surface area (Å²) in [5.74, 6) is 1.39. The van der Waals surface area contributed by atoms with Crippen LogP contribution in [0.3, 0.4) is 0 Å². The molecule has 1 aromatic carbocycles. The summed E-state index contributed by atoms with van der Waals surface area (Å²) in [7, 11) is 0. The van der Waals surface area contributed by atoms with Gasteiger partial charge < -0.3 is 4.74 Å². The third kappa shape index (κ3) is 5.54. The average molecular weight is 396 g/mol. The molecule has 0 N–H and O–H groups in total. The maximum atomic E-state index is 5.98. The van der Waals surface area contributed by atoms with Crippen LogP contribution in [0.1, 0.15) is 32.6 Å². The van der Waals surface area contributed by atoms with Crippen molar-refractivity contribution in [2.75, 3.05) is 5.33 Å². The first-order valence-electron chi connectivity index (χ1n) is 6.33. The first-order chi connectivity index (χ1) is 8.69. The molecule has 1 rings (SSSR count). The van der Waals surface area contributed by atoms with Gasteiger partial charge in [0.2, 0.25) is 0 Å². The van der Waals surface area contributed by atoms with E-state index in [1.807, 2.05) is 24.3 Å². The van der Waals surface area contributed by atoms with Crippen molar-refractivity contribution in [1.82, 2.24) is 0 Å². The van der Waals surface area contributed by atoms with Gasteiger partial charge in [-0.1, -0.05) is 41.4 Å². The van der Waals surface area contributed by atoms with E-state index < -0.39 is 0 Å². The molecule has 0 spiro atoms. The number of hydrogen-bond donors (Lipinski definition) is 1. The van der Waals surface area contributed by atoms with Crippen molar-refractivity contribution in [3.63, 3.8) is 0 Å². The Morgan fingerprint density at radius 2 is 2.00 bits per heavy atom. The second-order valence-electron chi connectivity index (χ2n) is 4.32. The molecule has 2 atom stereocenters. The van der Waals surface area contributed by atoms with Crippen LogP contribution in [0.25, 0.3) is 0 Å². The van der Waals surface area contributed by atoms with Crippen LogP contribution in [0.2, 0.25) is 0 Å². The molecule has 2 unspecified atom stereocenters. The minimum Gasteiger partial charge on any atom is -0.478 e. The number of rotatable bonds is 8. The van der Waals surface area contributed by atoms with E-state index in [2.05, 4.69) is 51.4 Å². The van der Waals surface area contributed by atoms with Crippen molar-refractivity contribution < 1.29 is 4.74 Å². The average Bonchev–Trinajstić information content (AvgIpc) is 2.37. The fourth-order valence-corrected chi connectivity index (χ4v) is 3.16. The molecule has 102 valence electrons. The molecule has 1 nitrogen and oxygen atoms in total. The maximum Gasteiger partial charge on any atom is 0.156 e. The molecule has 0 aliphatic rings. The second kappa shape index (κ2) is 9.27. The number of thiol groups is 1. The van der Waals surface area contributed by atoms with Crippen molar-refractivity contribution in [2.45, 2.75) is 42.5 Å². The molecule has 4 heteroatoms. The van der Waals surface area contributed by atoms with Gasteiger partial charge in [-0.15, -0.1) is 12.6 Å². The fourth-order valence-electron chi connectivity index (χ4n) is 1.89. The molecule has 0 saturated carbocycles. The van der Waals surface area contributed by atoms with Crippen molar-refractivity contribution >= 4 is 44.5 Å². The lowest BCUT2D eigenvalue weighted by molar-refractivity contribution is 0.200. The molecule has 0 aromatic heterocycles. The summed E-state index contributed by atoms with van der Waals surface area (Å²) in [5, 5.41) is 1.11. The zero-order valence-corrected chi connectivity index (χ0v) is 14.7. The predicted molar refractivity (Wildman–Crippen MR) is 88.5 cm³/mol. The Morgan fingerprint density at radius 1 is 1.28 bits per heavy atom. The van der Waals surface area contributed by atoms with Gasteiger partial charge in [0.15, 0.2) is 5.01 Å². The van der Waals surface area contributed by atoms with Gasteiger partial charge in [-0.25, -0.2) is 0 Å². The molecule has 0 aliphatic carbocycles. The summed E-state index contributed by atoms with van der Waals surface area (Å²) < 4.78 is 5.98. The quantitative estimate of drug-likeness (QED) is 0.440. The van der Waals surface area contributed by atoms with Gasteiger partial charge in [-0.2, -0.15) is 0 Å². The van der Waals surface area contributed by atoms with Crippen LogP contribution in [0.5, 0.6) is 5.75 Å². The highest BCUT2D eigenvalue weighted by Gasteiger charge is 2.20. The normalized spacial score (nSPS) is 14.2. The molecule has 0 saturated heterocycles.